The summed E-state index contributed by atoms with van der Waals surface area (Å²) in [6, 6.07) is 9.48. The molecule has 2 aromatic carbocycles. The fraction of sp³-hybridized carbons (Fsp3) is 0.235. The van der Waals surface area contributed by atoms with Crippen molar-refractivity contribution in [3.8, 4) is 0 Å². The Morgan fingerprint density at radius 2 is 1.72 bits per heavy atom. The van der Waals surface area contributed by atoms with Gasteiger partial charge in [-0.2, -0.15) is 4.31 Å². The molecule has 0 aromatic heterocycles. The number of benzene rings is 2. The minimum absolute atomic E-state index is 0.131. The van der Waals surface area contributed by atoms with Crippen molar-refractivity contribution in [1.82, 2.24) is 4.31 Å². The van der Waals surface area contributed by atoms with Crippen LogP contribution in [-0.4, -0.2) is 31.7 Å². The number of hydrogen-bond donors (Lipinski definition) is 1. The van der Waals surface area contributed by atoms with Crippen molar-refractivity contribution < 1.29 is 17.6 Å². The first-order valence-corrected chi connectivity index (χ1v) is 9.48. The van der Waals surface area contributed by atoms with Gasteiger partial charge in [0.05, 0.1) is 10.5 Å². The van der Waals surface area contributed by atoms with Crippen LogP contribution in [0.2, 0.25) is 5.02 Å². The topological polar surface area (TPSA) is 66.5 Å². The van der Waals surface area contributed by atoms with Gasteiger partial charge in [-0.05, 0) is 42.5 Å². The molecule has 2 rings (SSSR count). The fourth-order valence-electron chi connectivity index (χ4n) is 2.29. The quantitative estimate of drug-likeness (QED) is 0.824. The van der Waals surface area contributed by atoms with Gasteiger partial charge in [-0.15, -0.1) is 0 Å². The van der Waals surface area contributed by atoms with Gasteiger partial charge in [0.1, 0.15) is 5.82 Å². The first kappa shape index (κ1) is 19.4. The zero-order valence-corrected chi connectivity index (χ0v) is 15.4. The van der Waals surface area contributed by atoms with Gasteiger partial charge in [-0.1, -0.05) is 25.4 Å². The summed E-state index contributed by atoms with van der Waals surface area (Å²) in [6.45, 7) is 4.26. The lowest BCUT2D eigenvalue weighted by Gasteiger charge is -2.18. The molecule has 1 N–H and O–H groups in total. The van der Waals surface area contributed by atoms with Crippen molar-refractivity contribution in [2.45, 2.75) is 18.7 Å². The van der Waals surface area contributed by atoms with E-state index in [4.69, 9.17) is 11.6 Å². The second-order valence-corrected chi connectivity index (χ2v) is 7.57. The van der Waals surface area contributed by atoms with Crippen molar-refractivity contribution in [2.24, 2.45) is 0 Å². The van der Waals surface area contributed by atoms with E-state index in [-0.39, 0.29) is 15.5 Å². The minimum atomic E-state index is -3.56. The van der Waals surface area contributed by atoms with Gasteiger partial charge in [0.25, 0.3) is 5.91 Å². The summed E-state index contributed by atoms with van der Waals surface area (Å²) in [5, 5.41) is 2.72. The third-order valence-corrected chi connectivity index (χ3v) is 5.93. The Morgan fingerprint density at radius 3 is 2.24 bits per heavy atom. The van der Waals surface area contributed by atoms with Gasteiger partial charge < -0.3 is 5.32 Å². The van der Waals surface area contributed by atoms with Crippen molar-refractivity contribution in [3.05, 3.63) is 58.9 Å². The zero-order chi connectivity index (χ0) is 18.6. The lowest BCUT2D eigenvalue weighted by atomic mass is 10.2. The van der Waals surface area contributed by atoms with Gasteiger partial charge in [0.2, 0.25) is 10.0 Å². The number of halogens is 2. The van der Waals surface area contributed by atoms with Crippen molar-refractivity contribution in [1.29, 1.82) is 0 Å². The highest BCUT2D eigenvalue weighted by molar-refractivity contribution is 7.89. The number of nitrogens with zero attached hydrogens (tertiary/aromatic N) is 1. The fourth-order valence-corrected chi connectivity index (χ4v) is 3.91. The van der Waals surface area contributed by atoms with Crippen LogP contribution >= 0.6 is 11.6 Å². The number of rotatable bonds is 6. The van der Waals surface area contributed by atoms with Crippen molar-refractivity contribution in [2.75, 3.05) is 18.4 Å². The Labute approximate surface area is 151 Å². The third kappa shape index (κ3) is 4.36. The first-order valence-electron chi connectivity index (χ1n) is 7.66. The van der Waals surface area contributed by atoms with Crippen LogP contribution in [0, 0.1) is 5.82 Å². The van der Waals surface area contributed by atoms with Crippen LogP contribution < -0.4 is 5.32 Å². The summed E-state index contributed by atoms with van der Waals surface area (Å²) < 4.78 is 39.9. The van der Waals surface area contributed by atoms with Gasteiger partial charge >= 0.3 is 0 Å². The molecule has 0 unspecified atom stereocenters. The lowest BCUT2D eigenvalue weighted by Crippen LogP contribution is -2.30. The van der Waals surface area contributed by atoms with Crippen LogP contribution in [0.5, 0.6) is 0 Å². The van der Waals surface area contributed by atoms with Crippen LogP contribution in [0.3, 0.4) is 0 Å². The molecule has 0 saturated heterocycles. The number of amides is 1. The maximum Gasteiger partial charge on any atom is 0.258 e. The van der Waals surface area contributed by atoms with Gasteiger partial charge in [0.15, 0.2) is 0 Å². The van der Waals surface area contributed by atoms with E-state index >= 15 is 0 Å². The smallest absolute Gasteiger partial charge is 0.258 e. The maximum absolute atomic E-state index is 13.8. The second kappa shape index (κ2) is 7.95. The monoisotopic (exact) mass is 384 g/mol. The molecular formula is C17H18ClFN2O3S. The van der Waals surface area contributed by atoms with Crippen molar-refractivity contribution >= 4 is 33.2 Å². The van der Waals surface area contributed by atoms with E-state index in [1.807, 2.05) is 0 Å². The highest BCUT2D eigenvalue weighted by Gasteiger charge is 2.21. The Balaban J connectivity index is 2.19. The summed E-state index contributed by atoms with van der Waals surface area (Å²) in [5.74, 6) is -1.38. The number of anilines is 1. The first-order chi connectivity index (χ1) is 11.8. The highest BCUT2D eigenvalue weighted by Crippen LogP contribution is 2.20. The summed E-state index contributed by atoms with van der Waals surface area (Å²) in [5.41, 5.74) is 0.210. The largest absolute Gasteiger partial charge is 0.322 e. The Morgan fingerprint density at radius 1 is 1.12 bits per heavy atom. The Hall–Kier alpha value is -1.96. The highest BCUT2D eigenvalue weighted by atomic mass is 35.5. The van der Waals surface area contributed by atoms with Crippen LogP contribution in [0.1, 0.15) is 24.2 Å². The summed E-state index contributed by atoms with van der Waals surface area (Å²) in [7, 11) is -3.56. The van der Waals surface area contributed by atoms with E-state index in [2.05, 4.69) is 5.32 Å². The molecule has 2 aromatic rings. The van der Waals surface area contributed by atoms with Gasteiger partial charge in [-0.25, -0.2) is 12.8 Å². The summed E-state index contributed by atoms with van der Waals surface area (Å²) >= 11 is 5.66. The van der Waals surface area contributed by atoms with Crippen LogP contribution in [-0.2, 0) is 10.0 Å². The molecule has 0 aliphatic heterocycles. The van der Waals surface area contributed by atoms with Crippen LogP contribution in [0.4, 0.5) is 10.1 Å². The molecule has 0 heterocycles. The van der Waals surface area contributed by atoms with Crippen LogP contribution in [0.15, 0.2) is 47.4 Å². The van der Waals surface area contributed by atoms with E-state index in [1.54, 1.807) is 13.8 Å². The summed E-state index contributed by atoms with van der Waals surface area (Å²) in [4.78, 5) is 12.2. The van der Waals surface area contributed by atoms with E-state index < -0.39 is 21.7 Å². The molecule has 134 valence electrons. The zero-order valence-electron chi connectivity index (χ0n) is 13.8. The molecule has 0 bridgehead atoms. The van der Waals surface area contributed by atoms with Crippen molar-refractivity contribution in [3.63, 3.8) is 0 Å². The molecule has 0 saturated carbocycles. The number of sulfonamides is 1. The van der Waals surface area contributed by atoms with Crippen LogP contribution in [0.25, 0.3) is 0 Å². The molecule has 8 heteroatoms. The predicted molar refractivity (Wildman–Crippen MR) is 95.9 cm³/mol. The Bertz CT molecular complexity index is 866. The molecule has 25 heavy (non-hydrogen) atoms. The van der Waals surface area contributed by atoms with Gasteiger partial charge in [-0.3, -0.25) is 4.79 Å². The SMILES string of the molecule is CCN(CC)S(=O)(=O)c1ccc(NC(=O)c2ccc(Cl)cc2F)cc1. The van der Waals surface area contributed by atoms with E-state index in [1.165, 1.54) is 40.7 Å². The normalized spacial score (nSPS) is 11.6. The lowest BCUT2D eigenvalue weighted by molar-refractivity contribution is 0.102. The van der Waals surface area contributed by atoms with Gasteiger partial charge in [0, 0.05) is 23.8 Å². The molecule has 5 nitrogen and oxygen atoms in total. The molecule has 0 aliphatic rings. The molecular weight excluding hydrogens is 367 g/mol. The standard InChI is InChI=1S/C17H18ClFN2O3S/c1-3-21(4-2)25(23,24)14-8-6-13(7-9-14)20-17(22)15-10-5-12(18)11-16(15)19/h5-11H,3-4H2,1-2H3,(H,20,22). The number of nitrogens with one attached hydrogen (secondary N) is 1. The van der Waals surface area contributed by atoms with E-state index in [0.29, 0.717) is 18.8 Å². The van der Waals surface area contributed by atoms with E-state index in [0.717, 1.165) is 6.07 Å². The summed E-state index contributed by atoms with van der Waals surface area (Å²) in [6.07, 6.45) is 0. The minimum Gasteiger partial charge on any atom is -0.322 e. The third-order valence-electron chi connectivity index (χ3n) is 3.63. The maximum atomic E-state index is 13.8. The molecule has 0 atom stereocenters. The van der Waals surface area contributed by atoms with E-state index in [9.17, 15) is 17.6 Å². The number of hydrogen-bond acceptors (Lipinski definition) is 3. The predicted octanol–water partition coefficient (Wildman–Crippen LogP) is 3.76. The molecule has 0 fully saturated rings. The average Bonchev–Trinajstić information content (AvgIpc) is 2.56. The molecule has 1 amide bonds. The average molecular weight is 385 g/mol. The molecule has 0 aliphatic carbocycles. The number of carbonyl (C=O) groups is 1. The molecule has 0 radical (unpaired) electrons. The molecule has 0 spiro atoms. The number of carbonyl (C=O) groups excluding carboxylic acids is 1. The second-order valence-electron chi connectivity index (χ2n) is 5.19. The Kier molecular flexibility index (Phi) is 6.16.